The Hall–Kier alpha value is -1.13. The summed E-state index contributed by atoms with van der Waals surface area (Å²) in [6.45, 7) is 19.0. The fourth-order valence-electron chi connectivity index (χ4n) is 2.81. The Morgan fingerprint density at radius 3 is 2.27 bits per heavy atom. The van der Waals surface area contributed by atoms with Gasteiger partial charge in [-0.25, -0.2) is 4.79 Å². The standard InChI is InChI=1S/C22H38O3Si/c1-16(2)18-11-10-12-19(21(23)24-7)20(18)13-17(3)14-25-15-26(8,9)22(4,5)6/h10-12,16-17H,13-15H2,1-9H3. The first-order chi connectivity index (χ1) is 11.9. The lowest BCUT2D eigenvalue weighted by Crippen LogP contribution is -2.43. The smallest absolute Gasteiger partial charge is 0.338 e. The number of carbonyl (C=O) groups is 1. The van der Waals surface area contributed by atoms with Gasteiger partial charge in [-0.15, -0.1) is 0 Å². The molecule has 148 valence electrons. The van der Waals surface area contributed by atoms with Crippen LogP contribution in [-0.4, -0.2) is 34.0 Å². The number of hydrogen-bond donors (Lipinski definition) is 0. The van der Waals surface area contributed by atoms with E-state index in [0.29, 0.717) is 22.4 Å². The molecule has 0 aliphatic heterocycles. The lowest BCUT2D eigenvalue weighted by molar-refractivity contribution is 0.0598. The molecule has 0 aromatic heterocycles. The zero-order valence-electron chi connectivity index (χ0n) is 18.2. The molecule has 0 N–H and O–H groups in total. The first kappa shape index (κ1) is 22.9. The minimum absolute atomic E-state index is 0.253. The van der Waals surface area contributed by atoms with Crippen molar-refractivity contribution < 1.29 is 14.3 Å². The van der Waals surface area contributed by atoms with Crippen molar-refractivity contribution in [1.29, 1.82) is 0 Å². The van der Waals surface area contributed by atoms with Gasteiger partial charge in [-0.05, 0) is 40.5 Å². The third-order valence-corrected chi connectivity index (χ3v) is 10.7. The quantitative estimate of drug-likeness (QED) is 0.421. The summed E-state index contributed by atoms with van der Waals surface area (Å²) in [6, 6.07) is 5.94. The van der Waals surface area contributed by atoms with Crippen LogP contribution in [-0.2, 0) is 15.9 Å². The van der Waals surface area contributed by atoms with Crippen molar-refractivity contribution >= 4 is 14.0 Å². The minimum Gasteiger partial charge on any atom is -0.465 e. The van der Waals surface area contributed by atoms with Crippen LogP contribution < -0.4 is 0 Å². The molecule has 1 aromatic carbocycles. The summed E-state index contributed by atoms with van der Waals surface area (Å²) >= 11 is 0. The predicted octanol–water partition coefficient (Wildman–Crippen LogP) is 5.84. The molecule has 4 heteroatoms. The normalized spacial score (nSPS) is 13.8. The molecule has 0 heterocycles. The summed E-state index contributed by atoms with van der Waals surface area (Å²) in [5.41, 5.74) is 3.02. The molecular weight excluding hydrogens is 340 g/mol. The lowest BCUT2D eigenvalue weighted by atomic mass is 9.88. The Morgan fingerprint density at radius 1 is 1.15 bits per heavy atom. The third-order valence-electron chi connectivity index (χ3n) is 5.69. The van der Waals surface area contributed by atoms with Gasteiger partial charge >= 0.3 is 5.97 Å². The Labute approximate surface area is 161 Å². The van der Waals surface area contributed by atoms with Gasteiger partial charge in [0.25, 0.3) is 0 Å². The third kappa shape index (κ3) is 5.95. The molecule has 0 aliphatic carbocycles. The van der Waals surface area contributed by atoms with E-state index in [1.165, 1.54) is 12.7 Å². The maximum Gasteiger partial charge on any atom is 0.338 e. The summed E-state index contributed by atoms with van der Waals surface area (Å²) in [5.74, 6) is 0.468. The summed E-state index contributed by atoms with van der Waals surface area (Å²) in [4.78, 5) is 12.2. The molecule has 0 bridgehead atoms. The van der Waals surface area contributed by atoms with Gasteiger partial charge in [-0.2, -0.15) is 0 Å². The van der Waals surface area contributed by atoms with Gasteiger partial charge in [-0.1, -0.05) is 66.8 Å². The van der Waals surface area contributed by atoms with E-state index in [1.807, 2.05) is 12.1 Å². The topological polar surface area (TPSA) is 35.5 Å². The summed E-state index contributed by atoms with van der Waals surface area (Å²) < 4.78 is 11.1. The zero-order chi connectivity index (χ0) is 20.1. The highest BCUT2D eigenvalue weighted by atomic mass is 28.3. The number of rotatable bonds is 8. The molecule has 0 aliphatic rings. The first-order valence-electron chi connectivity index (χ1n) is 9.68. The maximum absolute atomic E-state index is 12.2. The van der Waals surface area contributed by atoms with Gasteiger partial charge in [0.2, 0.25) is 0 Å². The van der Waals surface area contributed by atoms with E-state index in [9.17, 15) is 4.79 Å². The zero-order valence-corrected chi connectivity index (χ0v) is 19.2. The molecule has 1 aromatic rings. The van der Waals surface area contributed by atoms with Crippen LogP contribution in [0.4, 0.5) is 0 Å². The van der Waals surface area contributed by atoms with Gasteiger partial charge < -0.3 is 9.47 Å². The molecule has 0 spiro atoms. The van der Waals surface area contributed by atoms with E-state index >= 15 is 0 Å². The molecule has 0 amide bonds. The van der Waals surface area contributed by atoms with E-state index < -0.39 is 8.07 Å². The highest BCUT2D eigenvalue weighted by Gasteiger charge is 2.35. The summed E-state index contributed by atoms with van der Waals surface area (Å²) in [7, 11) is 0.0209. The Morgan fingerprint density at radius 2 is 1.77 bits per heavy atom. The molecule has 3 nitrogen and oxygen atoms in total. The van der Waals surface area contributed by atoms with Crippen molar-refractivity contribution in [1.82, 2.24) is 0 Å². The SMILES string of the molecule is COC(=O)c1cccc(C(C)C)c1CC(C)COC[Si](C)(C)C(C)(C)C. The van der Waals surface area contributed by atoms with Crippen molar-refractivity contribution in [3.8, 4) is 0 Å². The van der Waals surface area contributed by atoms with Gasteiger partial charge in [0.15, 0.2) is 0 Å². The number of ether oxygens (including phenoxy) is 2. The Balaban J connectivity index is 2.86. The molecule has 0 saturated heterocycles. The van der Waals surface area contributed by atoms with Gasteiger partial charge in [-0.3, -0.25) is 0 Å². The molecule has 1 rings (SSSR count). The largest absolute Gasteiger partial charge is 0.465 e. The average molecular weight is 379 g/mol. The van der Waals surface area contributed by atoms with Crippen LogP contribution in [0.25, 0.3) is 0 Å². The molecule has 0 radical (unpaired) electrons. The second kappa shape index (κ2) is 9.18. The Bertz CT molecular complexity index is 600. The van der Waals surface area contributed by atoms with E-state index in [1.54, 1.807) is 0 Å². The second-order valence-corrected chi connectivity index (χ2v) is 15.0. The van der Waals surface area contributed by atoms with Crippen LogP contribution in [0.1, 0.15) is 68.9 Å². The molecule has 1 atom stereocenters. The fourth-order valence-corrected chi connectivity index (χ4v) is 3.87. The minimum atomic E-state index is -1.42. The van der Waals surface area contributed by atoms with E-state index in [-0.39, 0.29) is 5.97 Å². The highest BCUT2D eigenvalue weighted by Crippen LogP contribution is 2.36. The second-order valence-electron chi connectivity index (χ2n) is 9.48. The molecule has 1 unspecified atom stereocenters. The number of carbonyl (C=O) groups excluding carboxylic acids is 1. The average Bonchev–Trinajstić information content (AvgIpc) is 2.52. The molecule has 0 fully saturated rings. The summed E-state index contributed by atoms with van der Waals surface area (Å²) in [5, 5.41) is 0.332. The molecule has 26 heavy (non-hydrogen) atoms. The monoisotopic (exact) mass is 378 g/mol. The van der Waals surface area contributed by atoms with E-state index in [2.05, 4.69) is 60.7 Å². The van der Waals surface area contributed by atoms with Gasteiger partial charge in [0, 0.05) is 12.8 Å². The van der Waals surface area contributed by atoms with Crippen molar-refractivity contribution in [3.63, 3.8) is 0 Å². The van der Waals surface area contributed by atoms with Crippen LogP contribution >= 0.6 is 0 Å². The fraction of sp³-hybridized carbons (Fsp3) is 0.682. The molecule has 0 saturated carbocycles. The predicted molar refractivity (Wildman–Crippen MR) is 113 cm³/mol. The Kier molecular flexibility index (Phi) is 8.09. The molecular formula is C22H38O3Si. The van der Waals surface area contributed by atoms with Crippen LogP contribution in [0, 0.1) is 5.92 Å². The van der Waals surface area contributed by atoms with Crippen LogP contribution in [0.2, 0.25) is 18.1 Å². The van der Waals surface area contributed by atoms with Gasteiger partial charge in [0.05, 0.1) is 20.7 Å². The lowest BCUT2D eigenvalue weighted by Gasteiger charge is -2.36. The van der Waals surface area contributed by atoms with Crippen molar-refractivity contribution in [3.05, 3.63) is 34.9 Å². The number of methoxy groups -OCH3 is 1. The van der Waals surface area contributed by atoms with Crippen LogP contribution in [0.5, 0.6) is 0 Å². The first-order valence-corrected chi connectivity index (χ1v) is 12.9. The summed E-state index contributed by atoms with van der Waals surface area (Å²) in [6.07, 6.45) is 1.70. The van der Waals surface area contributed by atoms with Crippen LogP contribution in [0.3, 0.4) is 0 Å². The highest BCUT2D eigenvalue weighted by molar-refractivity contribution is 6.80. The van der Waals surface area contributed by atoms with Crippen molar-refractivity contribution in [2.24, 2.45) is 5.92 Å². The van der Waals surface area contributed by atoms with Gasteiger partial charge in [0.1, 0.15) is 0 Å². The van der Waals surface area contributed by atoms with Crippen molar-refractivity contribution in [2.75, 3.05) is 19.9 Å². The number of esters is 1. The van der Waals surface area contributed by atoms with E-state index in [4.69, 9.17) is 9.47 Å². The van der Waals surface area contributed by atoms with Crippen LogP contribution in [0.15, 0.2) is 18.2 Å². The maximum atomic E-state index is 12.2. The van der Waals surface area contributed by atoms with E-state index in [0.717, 1.165) is 24.8 Å². The van der Waals surface area contributed by atoms with Crippen molar-refractivity contribution in [2.45, 2.75) is 72.0 Å². The number of hydrogen-bond acceptors (Lipinski definition) is 3. The number of benzene rings is 1.